The van der Waals surface area contributed by atoms with Gasteiger partial charge in [-0.15, -0.1) is 0 Å². The first-order chi connectivity index (χ1) is 10.3. The fraction of sp³-hybridized carbons (Fsp3) is 0.176. The minimum atomic E-state index is 0.784. The summed E-state index contributed by atoms with van der Waals surface area (Å²) in [4.78, 5) is 3.40. The van der Waals surface area contributed by atoms with Gasteiger partial charge >= 0.3 is 0 Å². The van der Waals surface area contributed by atoms with E-state index in [9.17, 15) is 0 Å². The second kappa shape index (κ2) is 5.40. The minimum Gasteiger partial charge on any atom is -0.496 e. The number of para-hydroxylation sites is 1. The van der Waals surface area contributed by atoms with Crippen LogP contribution in [0.5, 0.6) is 17.2 Å². The van der Waals surface area contributed by atoms with Gasteiger partial charge in [0.15, 0.2) is 0 Å². The van der Waals surface area contributed by atoms with Crippen molar-refractivity contribution in [2.45, 2.75) is 0 Å². The van der Waals surface area contributed by atoms with Gasteiger partial charge in [0.05, 0.1) is 32.5 Å². The Kier molecular flexibility index (Phi) is 3.44. The topological polar surface area (TPSA) is 43.5 Å². The predicted molar refractivity (Wildman–Crippen MR) is 83.4 cm³/mol. The predicted octanol–water partition coefficient (Wildman–Crippen LogP) is 3.86. The molecule has 4 heteroatoms. The van der Waals surface area contributed by atoms with E-state index in [2.05, 4.69) is 11.1 Å². The summed E-state index contributed by atoms with van der Waals surface area (Å²) in [6, 6.07) is 13.7. The Bertz CT molecular complexity index is 736. The molecule has 0 aliphatic rings. The van der Waals surface area contributed by atoms with Crippen molar-refractivity contribution < 1.29 is 14.2 Å². The van der Waals surface area contributed by atoms with Crippen LogP contribution in [-0.2, 0) is 0 Å². The molecule has 0 fully saturated rings. The van der Waals surface area contributed by atoms with Crippen molar-refractivity contribution in [2.75, 3.05) is 21.3 Å². The average molecular weight is 283 g/mol. The van der Waals surface area contributed by atoms with Crippen LogP contribution < -0.4 is 14.2 Å². The smallest absolute Gasteiger partial charge is 0.143 e. The van der Waals surface area contributed by atoms with E-state index in [4.69, 9.17) is 14.2 Å². The number of aromatic amines is 1. The van der Waals surface area contributed by atoms with Crippen LogP contribution >= 0.6 is 0 Å². The van der Waals surface area contributed by atoms with Crippen LogP contribution in [0, 0.1) is 0 Å². The standard InChI is InChI=1S/C17H17NO3/c1-19-14-7-5-4-6-11(14)13-10-12-15(20-2)8-9-16(21-3)17(12)18-13/h4-10,18H,1-3H3. The molecule has 2 aromatic carbocycles. The summed E-state index contributed by atoms with van der Waals surface area (Å²) in [6.45, 7) is 0. The SMILES string of the molecule is COc1ccccc1-c1cc2c(OC)ccc(OC)c2[nH]1. The lowest BCUT2D eigenvalue weighted by molar-refractivity contribution is 0.410. The van der Waals surface area contributed by atoms with Crippen molar-refractivity contribution in [2.24, 2.45) is 0 Å². The normalized spacial score (nSPS) is 10.6. The number of rotatable bonds is 4. The summed E-state index contributed by atoms with van der Waals surface area (Å²) < 4.78 is 16.3. The third kappa shape index (κ3) is 2.18. The van der Waals surface area contributed by atoms with Gasteiger partial charge in [0.25, 0.3) is 0 Å². The highest BCUT2D eigenvalue weighted by molar-refractivity contribution is 5.95. The number of ether oxygens (including phenoxy) is 3. The highest BCUT2D eigenvalue weighted by Gasteiger charge is 2.14. The van der Waals surface area contributed by atoms with Crippen molar-refractivity contribution >= 4 is 10.9 Å². The lowest BCUT2D eigenvalue weighted by atomic mass is 10.1. The molecule has 0 saturated carbocycles. The molecular weight excluding hydrogens is 266 g/mol. The lowest BCUT2D eigenvalue weighted by Crippen LogP contribution is -1.88. The molecule has 0 unspecified atom stereocenters. The highest BCUT2D eigenvalue weighted by Crippen LogP contribution is 2.38. The van der Waals surface area contributed by atoms with Gasteiger partial charge < -0.3 is 19.2 Å². The number of H-pyrrole nitrogens is 1. The maximum Gasteiger partial charge on any atom is 0.143 e. The number of nitrogens with one attached hydrogen (secondary N) is 1. The molecule has 0 aliphatic heterocycles. The van der Waals surface area contributed by atoms with E-state index in [1.165, 1.54) is 0 Å². The van der Waals surface area contributed by atoms with Crippen molar-refractivity contribution in [3.63, 3.8) is 0 Å². The monoisotopic (exact) mass is 283 g/mol. The molecule has 0 radical (unpaired) electrons. The quantitative estimate of drug-likeness (QED) is 0.790. The van der Waals surface area contributed by atoms with E-state index in [0.717, 1.165) is 39.4 Å². The number of methoxy groups -OCH3 is 3. The van der Waals surface area contributed by atoms with Crippen LogP contribution in [0.25, 0.3) is 22.2 Å². The molecule has 0 bridgehead atoms. The van der Waals surface area contributed by atoms with Crippen LogP contribution in [0.2, 0.25) is 0 Å². The first-order valence-electron chi connectivity index (χ1n) is 6.65. The summed E-state index contributed by atoms with van der Waals surface area (Å²) in [5.41, 5.74) is 2.88. The Labute approximate surface area is 123 Å². The number of fused-ring (bicyclic) bond motifs is 1. The van der Waals surface area contributed by atoms with Crippen molar-refractivity contribution in [3.05, 3.63) is 42.5 Å². The third-order valence-corrected chi connectivity index (χ3v) is 3.55. The summed E-state index contributed by atoms with van der Waals surface area (Å²) >= 11 is 0. The van der Waals surface area contributed by atoms with Gasteiger partial charge in [-0.3, -0.25) is 0 Å². The number of aromatic nitrogens is 1. The maximum atomic E-state index is 5.43. The van der Waals surface area contributed by atoms with Gasteiger partial charge in [0.2, 0.25) is 0 Å². The molecule has 3 rings (SSSR count). The summed E-state index contributed by atoms with van der Waals surface area (Å²) in [5, 5.41) is 0.984. The highest BCUT2D eigenvalue weighted by atomic mass is 16.5. The molecule has 1 N–H and O–H groups in total. The van der Waals surface area contributed by atoms with Crippen molar-refractivity contribution in [1.82, 2.24) is 4.98 Å². The fourth-order valence-electron chi connectivity index (χ4n) is 2.53. The third-order valence-electron chi connectivity index (χ3n) is 3.55. The Morgan fingerprint density at radius 1 is 0.762 bits per heavy atom. The Morgan fingerprint density at radius 2 is 1.43 bits per heavy atom. The summed E-state index contributed by atoms with van der Waals surface area (Å²) in [5.74, 6) is 2.41. The zero-order valence-corrected chi connectivity index (χ0v) is 12.3. The van der Waals surface area contributed by atoms with Gasteiger partial charge in [0, 0.05) is 10.9 Å². The molecule has 0 atom stereocenters. The molecule has 21 heavy (non-hydrogen) atoms. The molecule has 4 nitrogen and oxygen atoms in total. The van der Waals surface area contributed by atoms with Crippen molar-refractivity contribution in [3.8, 4) is 28.5 Å². The molecule has 1 heterocycles. The van der Waals surface area contributed by atoms with Gasteiger partial charge in [-0.1, -0.05) is 12.1 Å². The molecule has 108 valence electrons. The summed E-state index contributed by atoms with van der Waals surface area (Å²) in [6.07, 6.45) is 0. The van der Waals surface area contributed by atoms with Crippen LogP contribution in [0.1, 0.15) is 0 Å². The zero-order chi connectivity index (χ0) is 14.8. The zero-order valence-electron chi connectivity index (χ0n) is 12.3. The van der Waals surface area contributed by atoms with Gasteiger partial charge in [0.1, 0.15) is 17.2 Å². The second-order valence-corrected chi connectivity index (χ2v) is 4.64. The van der Waals surface area contributed by atoms with E-state index < -0.39 is 0 Å². The molecule has 0 aliphatic carbocycles. The summed E-state index contributed by atoms with van der Waals surface area (Å²) in [7, 11) is 4.99. The van der Waals surface area contributed by atoms with E-state index in [0.29, 0.717) is 0 Å². The van der Waals surface area contributed by atoms with E-state index in [-0.39, 0.29) is 0 Å². The fourth-order valence-corrected chi connectivity index (χ4v) is 2.53. The molecule has 1 aromatic heterocycles. The molecule has 0 amide bonds. The van der Waals surface area contributed by atoms with Crippen LogP contribution in [0.3, 0.4) is 0 Å². The van der Waals surface area contributed by atoms with E-state index in [1.54, 1.807) is 21.3 Å². The Balaban J connectivity index is 2.25. The number of hydrogen-bond donors (Lipinski definition) is 1. The number of benzene rings is 2. The van der Waals surface area contributed by atoms with Crippen LogP contribution in [-0.4, -0.2) is 26.3 Å². The van der Waals surface area contributed by atoms with Gasteiger partial charge in [-0.05, 0) is 30.3 Å². The molecule has 0 spiro atoms. The average Bonchev–Trinajstić information content (AvgIpc) is 2.98. The van der Waals surface area contributed by atoms with Crippen LogP contribution in [0.15, 0.2) is 42.5 Å². The maximum absolute atomic E-state index is 5.43. The minimum absolute atomic E-state index is 0.784. The molecular formula is C17H17NO3. The lowest BCUT2D eigenvalue weighted by Gasteiger charge is -2.06. The van der Waals surface area contributed by atoms with E-state index >= 15 is 0 Å². The first-order valence-corrected chi connectivity index (χ1v) is 6.65. The van der Waals surface area contributed by atoms with Crippen LogP contribution in [0.4, 0.5) is 0 Å². The first kappa shape index (κ1) is 13.4. The van der Waals surface area contributed by atoms with Gasteiger partial charge in [-0.2, -0.15) is 0 Å². The second-order valence-electron chi connectivity index (χ2n) is 4.64. The molecule has 3 aromatic rings. The Hall–Kier alpha value is -2.62. The largest absolute Gasteiger partial charge is 0.496 e. The molecule has 0 saturated heterocycles. The number of hydrogen-bond acceptors (Lipinski definition) is 3. The van der Waals surface area contributed by atoms with Crippen molar-refractivity contribution in [1.29, 1.82) is 0 Å². The van der Waals surface area contributed by atoms with Gasteiger partial charge in [-0.25, -0.2) is 0 Å². The Morgan fingerprint density at radius 3 is 2.14 bits per heavy atom. The van der Waals surface area contributed by atoms with E-state index in [1.807, 2.05) is 36.4 Å².